The first-order valence-electron chi connectivity index (χ1n) is 6.92. The molecule has 0 aliphatic carbocycles. The van der Waals surface area contributed by atoms with Gasteiger partial charge in [-0.25, -0.2) is 0 Å². The van der Waals surface area contributed by atoms with Gasteiger partial charge in [0.25, 0.3) is 0 Å². The molecule has 2 aromatic rings. The maximum absolute atomic E-state index is 3.62. The largest absolute Gasteiger partial charge is 0.306 e. The van der Waals surface area contributed by atoms with E-state index in [2.05, 4.69) is 78.1 Å². The van der Waals surface area contributed by atoms with Crippen LogP contribution in [0.4, 0.5) is 0 Å². The summed E-state index contributed by atoms with van der Waals surface area (Å²) in [5.74, 6) is 0.526. The van der Waals surface area contributed by atoms with Crippen molar-refractivity contribution in [1.29, 1.82) is 0 Å². The van der Waals surface area contributed by atoms with E-state index in [1.165, 1.54) is 11.1 Å². The molecule has 19 heavy (non-hydrogen) atoms. The molecule has 0 amide bonds. The van der Waals surface area contributed by atoms with Crippen LogP contribution in [-0.4, -0.2) is 6.54 Å². The normalized spacial score (nSPS) is 22.3. The molecule has 1 nitrogen and oxygen atoms in total. The molecule has 0 spiro atoms. The third kappa shape index (κ3) is 2.94. The molecule has 1 heteroatoms. The smallest absolute Gasteiger partial charge is 0.0389 e. The molecular formula is C18H19N. The molecule has 96 valence electrons. The van der Waals surface area contributed by atoms with Crippen LogP contribution < -0.4 is 5.32 Å². The van der Waals surface area contributed by atoms with Crippen LogP contribution in [-0.2, 0) is 6.42 Å². The van der Waals surface area contributed by atoms with Gasteiger partial charge in [-0.3, -0.25) is 0 Å². The standard InChI is InChI=1S/C18H19N/c1-3-8-15(9-4-1)14-17-12-7-13-19-18(17)16-10-5-2-6-11-16/h1-12,17-19H,13-14H2/t17-,18-/m0/s1. The number of hydrogen-bond donors (Lipinski definition) is 1. The van der Waals surface area contributed by atoms with E-state index in [1.54, 1.807) is 0 Å². The molecular weight excluding hydrogens is 230 g/mol. The summed E-state index contributed by atoms with van der Waals surface area (Å²) in [4.78, 5) is 0. The SMILES string of the molecule is C1=C[C@@H](Cc2ccccc2)[C@H](c2ccccc2)NC1. The van der Waals surface area contributed by atoms with Crippen LogP contribution in [0.2, 0.25) is 0 Å². The first kappa shape index (κ1) is 12.2. The zero-order valence-electron chi connectivity index (χ0n) is 11.0. The summed E-state index contributed by atoms with van der Waals surface area (Å²) in [5.41, 5.74) is 2.79. The zero-order chi connectivity index (χ0) is 12.9. The minimum atomic E-state index is 0.423. The van der Waals surface area contributed by atoms with Crippen LogP contribution in [0.3, 0.4) is 0 Å². The van der Waals surface area contributed by atoms with Gasteiger partial charge in [0.15, 0.2) is 0 Å². The molecule has 0 saturated heterocycles. The summed E-state index contributed by atoms with van der Waals surface area (Å²) in [6.45, 7) is 0.963. The predicted molar refractivity (Wildman–Crippen MR) is 80.0 cm³/mol. The lowest BCUT2D eigenvalue weighted by molar-refractivity contribution is 0.417. The average molecular weight is 249 g/mol. The molecule has 1 N–H and O–H groups in total. The molecule has 0 saturated carbocycles. The van der Waals surface area contributed by atoms with E-state index in [-0.39, 0.29) is 0 Å². The molecule has 0 aromatic heterocycles. The van der Waals surface area contributed by atoms with E-state index in [4.69, 9.17) is 0 Å². The number of nitrogens with one attached hydrogen (secondary N) is 1. The Bertz CT molecular complexity index is 530. The average Bonchev–Trinajstić information content (AvgIpc) is 2.50. The molecule has 3 rings (SSSR count). The van der Waals surface area contributed by atoms with Crippen molar-refractivity contribution >= 4 is 0 Å². The topological polar surface area (TPSA) is 12.0 Å². The van der Waals surface area contributed by atoms with Crippen LogP contribution in [0.15, 0.2) is 72.8 Å². The summed E-state index contributed by atoms with van der Waals surface area (Å²) in [5, 5.41) is 3.62. The van der Waals surface area contributed by atoms with Gasteiger partial charge in [-0.05, 0) is 17.5 Å². The molecule has 1 heterocycles. The third-order valence-corrected chi connectivity index (χ3v) is 3.74. The molecule has 1 aliphatic rings. The van der Waals surface area contributed by atoms with Crippen molar-refractivity contribution in [2.24, 2.45) is 5.92 Å². The van der Waals surface area contributed by atoms with Crippen LogP contribution >= 0.6 is 0 Å². The van der Waals surface area contributed by atoms with E-state index < -0.39 is 0 Å². The van der Waals surface area contributed by atoms with Gasteiger partial charge in [-0.15, -0.1) is 0 Å². The predicted octanol–water partition coefficient (Wildman–Crippen LogP) is 3.75. The van der Waals surface area contributed by atoms with E-state index in [9.17, 15) is 0 Å². The van der Waals surface area contributed by atoms with Crippen molar-refractivity contribution in [2.45, 2.75) is 12.5 Å². The van der Waals surface area contributed by atoms with Crippen molar-refractivity contribution in [3.8, 4) is 0 Å². The second-order valence-electron chi connectivity index (χ2n) is 5.08. The highest BCUT2D eigenvalue weighted by Gasteiger charge is 2.22. The Balaban J connectivity index is 1.82. The number of benzene rings is 2. The first-order valence-corrected chi connectivity index (χ1v) is 6.92. The van der Waals surface area contributed by atoms with Gasteiger partial charge in [0.05, 0.1) is 0 Å². The lowest BCUT2D eigenvalue weighted by atomic mass is 9.86. The van der Waals surface area contributed by atoms with Crippen molar-refractivity contribution < 1.29 is 0 Å². The van der Waals surface area contributed by atoms with Crippen LogP contribution in [0.5, 0.6) is 0 Å². The van der Waals surface area contributed by atoms with Crippen LogP contribution in [0.25, 0.3) is 0 Å². The Morgan fingerprint density at radius 2 is 1.58 bits per heavy atom. The lowest BCUT2D eigenvalue weighted by Crippen LogP contribution is -2.32. The summed E-state index contributed by atoms with van der Waals surface area (Å²) in [7, 11) is 0. The molecule has 2 atom stereocenters. The van der Waals surface area contributed by atoms with Gasteiger partial charge < -0.3 is 5.32 Å². The lowest BCUT2D eigenvalue weighted by Gasteiger charge is -2.29. The van der Waals surface area contributed by atoms with Crippen molar-refractivity contribution in [3.63, 3.8) is 0 Å². The Morgan fingerprint density at radius 1 is 0.895 bits per heavy atom. The highest BCUT2D eigenvalue weighted by molar-refractivity contribution is 5.25. The monoisotopic (exact) mass is 249 g/mol. The van der Waals surface area contributed by atoms with Gasteiger partial charge in [0.1, 0.15) is 0 Å². The van der Waals surface area contributed by atoms with Crippen LogP contribution in [0.1, 0.15) is 17.2 Å². The highest BCUT2D eigenvalue weighted by atomic mass is 14.9. The van der Waals surface area contributed by atoms with Gasteiger partial charge in [-0.1, -0.05) is 72.8 Å². The fourth-order valence-electron chi connectivity index (χ4n) is 2.80. The Labute approximate surface area is 115 Å². The fraction of sp³-hybridized carbons (Fsp3) is 0.222. The summed E-state index contributed by atoms with van der Waals surface area (Å²) < 4.78 is 0. The molecule has 0 unspecified atom stereocenters. The van der Waals surface area contributed by atoms with Gasteiger partial charge in [-0.2, -0.15) is 0 Å². The third-order valence-electron chi connectivity index (χ3n) is 3.74. The Kier molecular flexibility index (Phi) is 3.75. The number of hydrogen-bond acceptors (Lipinski definition) is 1. The van der Waals surface area contributed by atoms with E-state index in [0.717, 1.165) is 13.0 Å². The van der Waals surface area contributed by atoms with Gasteiger partial charge in [0.2, 0.25) is 0 Å². The second kappa shape index (κ2) is 5.85. The van der Waals surface area contributed by atoms with Crippen molar-refractivity contribution in [3.05, 3.63) is 83.9 Å². The molecule has 2 aromatic carbocycles. The minimum absolute atomic E-state index is 0.423. The number of rotatable bonds is 3. The minimum Gasteiger partial charge on any atom is -0.306 e. The molecule has 0 bridgehead atoms. The maximum atomic E-state index is 3.62. The fourth-order valence-corrected chi connectivity index (χ4v) is 2.80. The van der Waals surface area contributed by atoms with E-state index >= 15 is 0 Å². The first-order chi connectivity index (χ1) is 9.43. The van der Waals surface area contributed by atoms with E-state index in [1.807, 2.05) is 0 Å². The summed E-state index contributed by atoms with van der Waals surface area (Å²) >= 11 is 0. The van der Waals surface area contributed by atoms with Gasteiger partial charge in [0, 0.05) is 18.5 Å². The summed E-state index contributed by atoms with van der Waals surface area (Å²) in [6.07, 6.45) is 5.69. The molecule has 1 aliphatic heterocycles. The molecule has 0 fully saturated rings. The zero-order valence-corrected chi connectivity index (χ0v) is 11.0. The second-order valence-corrected chi connectivity index (χ2v) is 5.08. The highest BCUT2D eigenvalue weighted by Crippen LogP contribution is 2.28. The molecule has 0 radical (unpaired) electrons. The van der Waals surface area contributed by atoms with Gasteiger partial charge >= 0.3 is 0 Å². The van der Waals surface area contributed by atoms with Crippen molar-refractivity contribution in [2.75, 3.05) is 6.54 Å². The maximum Gasteiger partial charge on any atom is 0.0389 e. The Morgan fingerprint density at radius 3 is 2.32 bits per heavy atom. The Hall–Kier alpha value is -1.86. The quantitative estimate of drug-likeness (QED) is 0.817. The van der Waals surface area contributed by atoms with Crippen molar-refractivity contribution in [1.82, 2.24) is 5.32 Å². The van der Waals surface area contributed by atoms with Crippen LogP contribution in [0, 0.1) is 5.92 Å². The van der Waals surface area contributed by atoms with E-state index in [0.29, 0.717) is 12.0 Å². The summed E-state index contributed by atoms with van der Waals surface area (Å²) in [6, 6.07) is 21.9.